The molecular formula is C26H52O3. The molecule has 0 unspecified atom stereocenters. The van der Waals surface area contributed by atoms with E-state index in [0.717, 1.165) is 38.9 Å². The van der Waals surface area contributed by atoms with Crippen LogP contribution >= 0.6 is 0 Å². The third-order valence-electron chi connectivity index (χ3n) is 5.38. The van der Waals surface area contributed by atoms with Gasteiger partial charge in [0.2, 0.25) is 0 Å². The molecule has 0 aliphatic heterocycles. The average Bonchev–Trinajstić information content (AvgIpc) is 2.73. The van der Waals surface area contributed by atoms with Crippen molar-refractivity contribution in [3.8, 4) is 0 Å². The summed E-state index contributed by atoms with van der Waals surface area (Å²) in [6.07, 6.45) is 26.9. The topological polar surface area (TPSA) is 38.7 Å². The molecule has 0 amide bonds. The molecule has 0 spiro atoms. The zero-order valence-electron chi connectivity index (χ0n) is 19.8. The van der Waals surface area contributed by atoms with Gasteiger partial charge in [0.05, 0.1) is 0 Å². The first-order chi connectivity index (χ1) is 14.3. The van der Waals surface area contributed by atoms with E-state index in [9.17, 15) is 0 Å². The van der Waals surface area contributed by atoms with E-state index in [1.54, 1.807) is 0 Å². The summed E-state index contributed by atoms with van der Waals surface area (Å²) in [4.78, 5) is 0. The minimum Gasteiger partial charge on any atom is -0.396 e. The molecule has 0 aromatic heterocycles. The molecule has 0 aliphatic rings. The predicted molar refractivity (Wildman–Crippen MR) is 126 cm³/mol. The molecule has 1 N–H and O–H groups in total. The second-order valence-electron chi connectivity index (χ2n) is 8.33. The maximum absolute atomic E-state index is 8.70. The number of aliphatic hydroxyl groups is 1. The Morgan fingerprint density at radius 1 is 0.586 bits per heavy atom. The fourth-order valence-corrected chi connectivity index (χ4v) is 3.41. The van der Waals surface area contributed by atoms with Crippen molar-refractivity contribution >= 4 is 0 Å². The molecule has 3 heteroatoms. The Kier molecular flexibility index (Phi) is 25.3. The Hall–Kier alpha value is -0.380. The number of aliphatic hydroxyl groups excluding tert-OH is 1. The lowest BCUT2D eigenvalue weighted by atomic mass is 10.0. The van der Waals surface area contributed by atoms with Gasteiger partial charge < -0.3 is 14.6 Å². The molecular weight excluding hydrogens is 360 g/mol. The quantitative estimate of drug-likeness (QED) is 0.0992. The summed E-state index contributed by atoms with van der Waals surface area (Å²) in [6, 6.07) is 0. The number of unbranched alkanes of at least 4 members (excludes halogenated alkanes) is 13. The van der Waals surface area contributed by atoms with Gasteiger partial charge in [-0.2, -0.15) is 0 Å². The van der Waals surface area contributed by atoms with E-state index in [-0.39, 0.29) is 12.9 Å². The fourth-order valence-electron chi connectivity index (χ4n) is 3.41. The van der Waals surface area contributed by atoms with Crippen LogP contribution in [0.1, 0.15) is 129 Å². The van der Waals surface area contributed by atoms with Crippen LogP contribution in [0.25, 0.3) is 0 Å². The van der Waals surface area contributed by atoms with E-state index in [4.69, 9.17) is 14.6 Å². The van der Waals surface area contributed by atoms with Crippen LogP contribution in [0.2, 0.25) is 0 Å². The van der Waals surface area contributed by atoms with Crippen LogP contribution in [0.5, 0.6) is 0 Å². The number of hydrogen-bond acceptors (Lipinski definition) is 3. The van der Waals surface area contributed by atoms with Gasteiger partial charge in [-0.3, -0.25) is 0 Å². The summed E-state index contributed by atoms with van der Waals surface area (Å²) < 4.78 is 11.8. The molecule has 0 atom stereocenters. The lowest BCUT2D eigenvalue weighted by Crippen LogP contribution is -2.18. The number of hydrogen-bond donors (Lipinski definition) is 1. The van der Waals surface area contributed by atoms with Gasteiger partial charge in [-0.1, -0.05) is 96.6 Å². The minimum atomic E-state index is 0.0262. The molecule has 0 rings (SSSR count). The molecule has 0 fully saturated rings. The molecule has 0 bridgehead atoms. The van der Waals surface area contributed by atoms with Crippen molar-refractivity contribution in [2.75, 3.05) is 19.8 Å². The van der Waals surface area contributed by atoms with Crippen LogP contribution in [-0.4, -0.2) is 31.2 Å². The third-order valence-corrected chi connectivity index (χ3v) is 5.38. The van der Waals surface area contributed by atoms with Gasteiger partial charge in [0, 0.05) is 19.8 Å². The van der Waals surface area contributed by atoms with Gasteiger partial charge in [-0.25, -0.2) is 0 Å². The maximum atomic E-state index is 8.70. The first kappa shape index (κ1) is 28.6. The van der Waals surface area contributed by atoms with Crippen molar-refractivity contribution < 1.29 is 14.6 Å². The van der Waals surface area contributed by atoms with Crippen molar-refractivity contribution in [2.45, 2.75) is 136 Å². The van der Waals surface area contributed by atoms with Crippen molar-refractivity contribution in [3.63, 3.8) is 0 Å². The second-order valence-corrected chi connectivity index (χ2v) is 8.33. The summed E-state index contributed by atoms with van der Waals surface area (Å²) in [5.74, 6) is 0. The van der Waals surface area contributed by atoms with E-state index in [1.165, 1.54) is 89.9 Å². The van der Waals surface area contributed by atoms with E-state index < -0.39 is 0 Å². The summed E-state index contributed by atoms with van der Waals surface area (Å²) in [5.41, 5.74) is 0. The number of rotatable bonds is 24. The lowest BCUT2D eigenvalue weighted by molar-refractivity contribution is -0.147. The third kappa shape index (κ3) is 23.8. The second kappa shape index (κ2) is 25.7. The largest absolute Gasteiger partial charge is 0.396 e. The Labute approximate surface area is 182 Å². The summed E-state index contributed by atoms with van der Waals surface area (Å²) in [6.45, 7) is 6.37. The first-order valence-corrected chi connectivity index (χ1v) is 12.8. The highest BCUT2D eigenvalue weighted by Gasteiger charge is 2.08. The molecule has 0 aromatic carbocycles. The van der Waals surface area contributed by atoms with Crippen LogP contribution in [0.4, 0.5) is 0 Å². The van der Waals surface area contributed by atoms with E-state index in [1.807, 2.05) is 0 Å². The smallest absolute Gasteiger partial charge is 0.157 e. The van der Waals surface area contributed by atoms with Gasteiger partial charge >= 0.3 is 0 Å². The Bertz CT molecular complexity index is 307. The summed E-state index contributed by atoms with van der Waals surface area (Å²) in [7, 11) is 0. The highest BCUT2D eigenvalue weighted by Crippen LogP contribution is 2.15. The molecule has 0 aromatic rings. The van der Waals surface area contributed by atoms with E-state index in [2.05, 4.69) is 26.0 Å². The van der Waals surface area contributed by atoms with E-state index >= 15 is 0 Å². The van der Waals surface area contributed by atoms with Crippen molar-refractivity contribution in [2.24, 2.45) is 0 Å². The minimum absolute atomic E-state index is 0.0262. The Morgan fingerprint density at radius 3 is 1.52 bits per heavy atom. The highest BCUT2D eigenvalue weighted by molar-refractivity contribution is 4.80. The first-order valence-electron chi connectivity index (χ1n) is 12.8. The van der Waals surface area contributed by atoms with Crippen LogP contribution in [-0.2, 0) is 9.47 Å². The normalized spacial score (nSPS) is 11.9. The number of ether oxygens (including phenoxy) is 2. The molecule has 0 saturated carbocycles. The van der Waals surface area contributed by atoms with Crippen LogP contribution < -0.4 is 0 Å². The standard InChI is InChI=1S/C26H52O3/c1-3-5-24-28-26(29-25-6-4-2)22-20-18-16-14-12-10-8-7-9-11-13-15-17-19-21-23-27/h17,19,26-27H,3-16,18,20-25H2,1-2H3/b19-17+. The van der Waals surface area contributed by atoms with Crippen molar-refractivity contribution in [1.29, 1.82) is 0 Å². The summed E-state index contributed by atoms with van der Waals surface area (Å²) in [5, 5.41) is 8.70. The molecule has 3 nitrogen and oxygen atoms in total. The molecule has 0 heterocycles. The molecule has 0 radical (unpaired) electrons. The van der Waals surface area contributed by atoms with Crippen molar-refractivity contribution in [1.82, 2.24) is 0 Å². The molecule has 29 heavy (non-hydrogen) atoms. The van der Waals surface area contributed by atoms with Gasteiger partial charge in [-0.05, 0) is 44.9 Å². The molecule has 0 aliphatic carbocycles. The van der Waals surface area contributed by atoms with Crippen LogP contribution in [0.15, 0.2) is 12.2 Å². The van der Waals surface area contributed by atoms with E-state index in [0.29, 0.717) is 0 Å². The number of allylic oxidation sites excluding steroid dienone is 1. The fraction of sp³-hybridized carbons (Fsp3) is 0.923. The van der Waals surface area contributed by atoms with Crippen molar-refractivity contribution in [3.05, 3.63) is 12.2 Å². The summed E-state index contributed by atoms with van der Waals surface area (Å²) >= 11 is 0. The van der Waals surface area contributed by atoms with Crippen LogP contribution in [0, 0.1) is 0 Å². The van der Waals surface area contributed by atoms with Crippen LogP contribution in [0.3, 0.4) is 0 Å². The molecule has 0 saturated heterocycles. The Morgan fingerprint density at radius 2 is 1.03 bits per heavy atom. The highest BCUT2D eigenvalue weighted by atomic mass is 16.7. The molecule has 174 valence electrons. The average molecular weight is 413 g/mol. The maximum Gasteiger partial charge on any atom is 0.157 e. The zero-order chi connectivity index (χ0) is 21.3. The lowest BCUT2D eigenvalue weighted by Gasteiger charge is -2.18. The SMILES string of the molecule is CCCCOC(CCCCCCCCCCCCC/C=C/CCO)OCCCC. The monoisotopic (exact) mass is 412 g/mol. The van der Waals surface area contributed by atoms with Gasteiger partial charge in [-0.15, -0.1) is 0 Å². The van der Waals surface area contributed by atoms with Gasteiger partial charge in [0.1, 0.15) is 0 Å². The van der Waals surface area contributed by atoms with Gasteiger partial charge in [0.15, 0.2) is 6.29 Å². The Balaban J connectivity index is 3.39. The predicted octanol–water partition coefficient (Wildman–Crippen LogP) is 7.96. The zero-order valence-corrected chi connectivity index (χ0v) is 19.8. The van der Waals surface area contributed by atoms with Gasteiger partial charge in [0.25, 0.3) is 0 Å².